The van der Waals surface area contributed by atoms with Crippen LogP contribution in [-0.2, 0) is 10.2 Å². The molecule has 1 aromatic carbocycles. The Bertz CT molecular complexity index is 450. The summed E-state index contributed by atoms with van der Waals surface area (Å²) in [6.07, 6.45) is 1.89. The number of halogens is 1. The van der Waals surface area contributed by atoms with Gasteiger partial charge in [-0.25, -0.2) is 0 Å². The van der Waals surface area contributed by atoms with Crippen molar-refractivity contribution in [3.8, 4) is 5.75 Å². The molecule has 0 saturated heterocycles. The lowest BCUT2D eigenvalue weighted by atomic mass is 9.89. The summed E-state index contributed by atoms with van der Waals surface area (Å²) in [7, 11) is 0. The quantitative estimate of drug-likeness (QED) is 0.854. The highest BCUT2D eigenvalue weighted by molar-refractivity contribution is 6.32. The first-order valence-corrected chi connectivity index (χ1v) is 5.54. The van der Waals surface area contributed by atoms with Crippen molar-refractivity contribution in [2.24, 2.45) is 0 Å². The molecule has 1 aliphatic carbocycles. The van der Waals surface area contributed by atoms with E-state index >= 15 is 0 Å². The monoisotopic (exact) mass is 240 g/mol. The molecule has 0 radical (unpaired) electrons. The van der Waals surface area contributed by atoms with Gasteiger partial charge in [-0.05, 0) is 43.0 Å². The smallest absolute Gasteiger partial charge is 0.304 e. The van der Waals surface area contributed by atoms with Crippen LogP contribution in [-0.4, -0.2) is 16.2 Å². The molecule has 0 aliphatic heterocycles. The van der Waals surface area contributed by atoms with Gasteiger partial charge in [-0.3, -0.25) is 4.79 Å². The predicted molar refractivity (Wildman–Crippen MR) is 61.0 cm³/mol. The highest BCUT2D eigenvalue weighted by atomic mass is 35.5. The van der Waals surface area contributed by atoms with E-state index in [4.69, 9.17) is 16.7 Å². The zero-order chi connectivity index (χ0) is 11.9. The first kappa shape index (κ1) is 11.3. The zero-order valence-corrected chi connectivity index (χ0v) is 9.71. The topological polar surface area (TPSA) is 57.5 Å². The summed E-state index contributed by atoms with van der Waals surface area (Å²) in [5.74, 6) is -0.741. The number of rotatable bonds is 3. The van der Waals surface area contributed by atoms with E-state index in [0.29, 0.717) is 0 Å². The highest BCUT2D eigenvalue weighted by Gasteiger charge is 2.46. The fourth-order valence-corrected chi connectivity index (χ4v) is 2.38. The van der Waals surface area contributed by atoms with Gasteiger partial charge in [0.15, 0.2) is 0 Å². The van der Waals surface area contributed by atoms with Crippen LogP contribution in [0.4, 0.5) is 0 Å². The van der Waals surface area contributed by atoms with Crippen molar-refractivity contribution >= 4 is 17.6 Å². The molecule has 1 saturated carbocycles. The summed E-state index contributed by atoms with van der Waals surface area (Å²) in [6, 6.07) is 3.29. The van der Waals surface area contributed by atoms with Gasteiger partial charge in [0.05, 0.1) is 11.4 Å². The van der Waals surface area contributed by atoms with Crippen molar-refractivity contribution in [3.05, 3.63) is 28.3 Å². The molecule has 4 heteroatoms. The second kappa shape index (κ2) is 3.67. The van der Waals surface area contributed by atoms with Gasteiger partial charge >= 0.3 is 5.97 Å². The molecular formula is C12H13ClO3. The Balaban J connectivity index is 2.41. The van der Waals surface area contributed by atoms with Crippen LogP contribution in [0, 0.1) is 6.92 Å². The Kier molecular flexibility index (Phi) is 2.58. The summed E-state index contributed by atoms with van der Waals surface area (Å²) >= 11 is 5.86. The molecule has 16 heavy (non-hydrogen) atoms. The fraction of sp³-hybridized carbons (Fsp3) is 0.417. The maximum atomic E-state index is 10.8. The molecule has 0 atom stereocenters. The lowest BCUT2D eigenvalue weighted by Gasteiger charge is -2.17. The molecule has 0 spiro atoms. The lowest BCUT2D eigenvalue weighted by Crippen LogP contribution is -2.14. The van der Waals surface area contributed by atoms with Gasteiger partial charge in [0.25, 0.3) is 0 Å². The number of phenolic OH excluding ortho intramolecular Hbond substituents is 1. The van der Waals surface area contributed by atoms with Gasteiger partial charge in [0, 0.05) is 5.41 Å². The van der Waals surface area contributed by atoms with Crippen molar-refractivity contribution < 1.29 is 15.0 Å². The summed E-state index contributed by atoms with van der Waals surface area (Å²) in [5.41, 5.74) is 1.60. The van der Waals surface area contributed by atoms with E-state index in [0.717, 1.165) is 24.0 Å². The Morgan fingerprint density at radius 1 is 1.50 bits per heavy atom. The second-order valence-electron chi connectivity index (χ2n) is 4.47. The number of aromatic hydroxyl groups is 1. The van der Waals surface area contributed by atoms with E-state index in [1.165, 1.54) is 0 Å². The average Bonchev–Trinajstić information content (AvgIpc) is 2.91. The van der Waals surface area contributed by atoms with Crippen LogP contribution in [0.1, 0.15) is 30.4 Å². The van der Waals surface area contributed by atoms with Crippen LogP contribution in [0.3, 0.4) is 0 Å². The van der Waals surface area contributed by atoms with Crippen LogP contribution in [0.2, 0.25) is 5.02 Å². The normalized spacial score (nSPS) is 17.1. The molecule has 2 rings (SSSR count). The SMILES string of the molecule is Cc1cc(O)c(Cl)cc1C1(CC(=O)O)CC1. The van der Waals surface area contributed by atoms with E-state index in [1.54, 1.807) is 12.1 Å². The molecule has 0 bridgehead atoms. The molecule has 1 fully saturated rings. The highest BCUT2D eigenvalue weighted by Crippen LogP contribution is 2.53. The van der Waals surface area contributed by atoms with Gasteiger partial charge < -0.3 is 10.2 Å². The average molecular weight is 241 g/mol. The number of phenols is 1. The van der Waals surface area contributed by atoms with Crippen molar-refractivity contribution in [3.63, 3.8) is 0 Å². The summed E-state index contributed by atoms with van der Waals surface area (Å²) in [5, 5.41) is 18.6. The maximum Gasteiger partial charge on any atom is 0.304 e. The Labute approximate surface area is 98.7 Å². The minimum absolute atomic E-state index is 0.0500. The van der Waals surface area contributed by atoms with Crippen molar-refractivity contribution in [2.45, 2.75) is 31.6 Å². The van der Waals surface area contributed by atoms with E-state index < -0.39 is 5.97 Å². The lowest BCUT2D eigenvalue weighted by molar-refractivity contribution is -0.137. The number of aliphatic carboxylic acids is 1. The zero-order valence-electron chi connectivity index (χ0n) is 8.96. The van der Waals surface area contributed by atoms with Crippen LogP contribution in [0.25, 0.3) is 0 Å². The minimum Gasteiger partial charge on any atom is -0.506 e. The molecule has 1 aromatic rings. The molecule has 0 amide bonds. The number of benzene rings is 1. The first-order valence-electron chi connectivity index (χ1n) is 5.16. The Morgan fingerprint density at radius 3 is 2.62 bits per heavy atom. The summed E-state index contributed by atoms with van der Waals surface area (Å²) in [6.45, 7) is 1.87. The van der Waals surface area contributed by atoms with Crippen LogP contribution in [0.15, 0.2) is 12.1 Å². The van der Waals surface area contributed by atoms with Gasteiger partial charge in [-0.2, -0.15) is 0 Å². The Morgan fingerprint density at radius 2 is 2.12 bits per heavy atom. The summed E-state index contributed by atoms with van der Waals surface area (Å²) in [4.78, 5) is 10.8. The predicted octanol–water partition coefficient (Wildman–Crippen LogP) is 2.86. The van der Waals surface area contributed by atoms with E-state index in [-0.39, 0.29) is 22.6 Å². The number of hydrogen-bond donors (Lipinski definition) is 2. The van der Waals surface area contributed by atoms with Gasteiger partial charge in [0.1, 0.15) is 5.75 Å². The van der Waals surface area contributed by atoms with Crippen LogP contribution >= 0.6 is 11.6 Å². The molecular weight excluding hydrogens is 228 g/mol. The number of aryl methyl sites for hydroxylation is 1. The van der Waals surface area contributed by atoms with E-state index in [9.17, 15) is 9.90 Å². The first-order chi connectivity index (χ1) is 7.44. The van der Waals surface area contributed by atoms with Gasteiger partial charge in [0.2, 0.25) is 0 Å². The Hall–Kier alpha value is -1.22. The van der Waals surface area contributed by atoms with Gasteiger partial charge in [-0.1, -0.05) is 11.6 Å². The molecule has 2 N–H and O–H groups in total. The third-order valence-electron chi connectivity index (χ3n) is 3.21. The molecule has 0 aromatic heterocycles. The van der Waals surface area contributed by atoms with Gasteiger partial charge in [-0.15, -0.1) is 0 Å². The molecule has 0 unspecified atom stereocenters. The number of hydrogen-bond acceptors (Lipinski definition) is 2. The van der Waals surface area contributed by atoms with Crippen molar-refractivity contribution in [2.75, 3.05) is 0 Å². The molecule has 86 valence electrons. The van der Waals surface area contributed by atoms with E-state index in [1.807, 2.05) is 6.92 Å². The molecule has 3 nitrogen and oxygen atoms in total. The number of carbonyl (C=O) groups is 1. The molecule has 0 heterocycles. The molecule has 1 aliphatic rings. The van der Waals surface area contributed by atoms with Crippen LogP contribution in [0.5, 0.6) is 5.75 Å². The van der Waals surface area contributed by atoms with Crippen LogP contribution < -0.4 is 0 Å². The fourth-order valence-electron chi connectivity index (χ4n) is 2.22. The van der Waals surface area contributed by atoms with Crippen molar-refractivity contribution in [1.29, 1.82) is 0 Å². The standard InChI is InChI=1S/C12H13ClO3/c1-7-4-10(14)9(13)5-8(7)12(2-3-12)6-11(15)16/h4-5,14H,2-3,6H2,1H3,(H,15,16). The third kappa shape index (κ3) is 1.87. The number of carboxylic acid groups (broad SMARTS) is 1. The minimum atomic E-state index is -0.791. The summed E-state index contributed by atoms with van der Waals surface area (Å²) < 4.78 is 0. The maximum absolute atomic E-state index is 10.8. The largest absolute Gasteiger partial charge is 0.506 e. The van der Waals surface area contributed by atoms with Crippen molar-refractivity contribution in [1.82, 2.24) is 0 Å². The number of carboxylic acids is 1. The second-order valence-corrected chi connectivity index (χ2v) is 4.88. The third-order valence-corrected chi connectivity index (χ3v) is 3.51. The van der Waals surface area contributed by atoms with E-state index in [2.05, 4.69) is 0 Å².